The fourth-order valence-electron chi connectivity index (χ4n) is 3.29. The van der Waals surface area contributed by atoms with E-state index in [1.54, 1.807) is 6.07 Å². The summed E-state index contributed by atoms with van der Waals surface area (Å²) < 4.78 is 45.7. The second-order valence-electron chi connectivity index (χ2n) is 6.96. The van der Waals surface area contributed by atoms with Crippen molar-refractivity contribution in [3.05, 3.63) is 114 Å². The molecule has 4 rings (SSSR count). The molecule has 31 heavy (non-hydrogen) atoms. The first-order valence-electron chi connectivity index (χ1n) is 9.72. The van der Waals surface area contributed by atoms with Gasteiger partial charge in [-0.3, -0.25) is 0 Å². The minimum Gasteiger partial charge on any atom is -0.456 e. The Balaban J connectivity index is 1.71. The third-order valence-electron chi connectivity index (χ3n) is 4.75. The first-order chi connectivity index (χ1) is 14.9. The number of rotatable bonds is 5. The van der Waals surface area contributed by atoms with Crippen molar-refractivity contribution in [1.82, 2.24) is 0 Å². The lowest BCUT2D eigenvalue weighted by atomic mass is 10.2. The highest BCUT2D eigenvalue weighted by Gasteiger charge is 2.34. The summed E-state index contributed by atoms with van der Waals surface area (Å²) >= 11 is 0. The van der Waals surface area contributed by atoms with Crippen LogP contribution in [0.1, 0.15) is 11.1 Å². The molecule has 0 N–H and O–H groups in total. The number of hydrogen-bond acceptors (Lipinski definition) is 1. The molecule has 4 aromatic carbocycles. The number of benzene rings is 4. The highest BCUT2D eigenvalue weighted by molar-refractivity contribution is 7.97. The van der Waals surface area contributed by atoms with Crippen LogP contribution in [0.4, 0.5) is 13.2 Å². The minimum atomic E-state index is -4.47. The summed E-state index contributed by atoms with van der Waals surface area (Å²) in [5.74, 6) is 0.209. The lowest BCUT2D eigenvalue weighted by Gasteiger charge is -2.15. The molecular weight excluding hydrogens is 417 g/mol. The van der Waals surface area contributed by atoms with Gasteiger partial charge in [-0.15, -0.1) is 0 Å². The third-order valence-corrected chi connectivity index (χ3v) is 6.96. The van der Waals surface area contributed by atoms with E-state index < -0.39 is 11.7 Å². The van der Waals surface area contributed by atoms with Crippen LogP contribution >= 0.6 is 0 Å². The Morgan fingerprint density at radius 1 is 0.613 bits per heavy atom. The van der Waals surface area contributed by atoms with E-state index in [-0.39, 0.29) is 16.6 Å². The SMILES string of the molecule is Cc1cc([S+](c2ccccc2)c2ccccc2)ccc1Oc1ccccc1C(F)(F)F. The summed E-state index contributed by atoms with van der Waals surface area (Å²) in [6.45, 7) is 1.85. The molecule has 0 radical (unpaired) electrons. The van der Waals surface area contributed by atoms with E-state index in [1.165, 1.54) is 28.0 Å². The maximum absolute atomic E-state index is 13.3. The van der Waals surface area contributed by atoms with Crippen LogP contribution in [0.2, 0.25) is 0 Å². The molecular formula is C26H20F3OS+. The zero-order valence-electron chi connectivity index (χ0n) is 16.8. The fraction of sp³-hybridized carbons (Fsp3) is 0.0769. The van der Waals surface area contributed by atoms with Crippen molar-refractivity contribution in [1.29, 1.82) is 0 Å². The predicted octanol–water partition coefficient (Wildman–Crippen LogP) is 7.90. The Morgan fingerprint density at radius 2 is 1.16 bits per heavy atom. The first-order valence-corrected chi connectivity index (χ1v) is 10.9. The molecule has 0 aliphatic carbocycles. The van der Waals surface area contributed by atoms with Crippen LogP contribution in [0.15, 0.2) is 118 Å². The van der Waals surface area contributed by atoms with E-state index >= 15 is 0 Å². The molecule has 4 aromatic rings. The summed E-state index contributed by atoms with van der Waals surface area (Å²) in [5, 5.41) is 0. The molecule has 156 valence electrons. The summed E-state index contributed by atoms with van der Waals surface area (Å²) in [6, 6.07) is 31.3. The van der Waals surface area contributed by atoms with Crippen molar-refractivity contribution >= 4 is 10.9 Å². The van der Waals surface area contributed by atoms with Gasteiger partial charge in [0, 0.05) is 6.07 Å². The molecule has 0 spiro atoms. The summed E-state index contributed by atoms with van der Waals surface area (Å²) in [7, 11) is -0.334. The maximum Gasteiger partial charge on any atom is 0.419 e. The van der Waals surface area contributed by atoms with E-state index in [9.17, 15) is 13.2 Å². The zero-order chi connectivity index (χ0) is 21.8. The van der Waals surface area contributed by atoms with E-state index in [0.29, 0.717) is 5.75 Å². The topological polar surface area (TPSA) is 9.23 Å². The average Bonchev–Trinajstić information content (AvgIpc) is 2.77. The van der Waals surface area contributed by atoms with E-state index in [2.05, 4.69) is 24.3 Å². The van der Waals surface area contributed by atoms with Gasteiger partial charge in [0.2, 0.25) is 0 Å². The number of halogens is 3. The van der Waals surface area contributed by atoms with Crippen LogP contribution in [0.3, 0.4) is 0 Å². The third kappa shape index (κ3) is 4.78. The van der Waals surface area contributed by atoms with Crippen LogP contribution in [-0.2, 0) is 17.1 Å². The standard InChI is InChI=1S/C26H20F3OS/c1-19-18-22(31(20-10-4-2-5-11-20)21-12-6-3-7-13-21)16-17-24(19)30-25-15-9-8-14-23(25)26(27,28)29/h2-18H,1H3/q+1. The second-order valence-corrected chi connectivity index (χ2v) is 8.98. The number of hydrogen-bond donors (Lipinski definition) is 0. The fourth-order valence-corrected chi connectivity index (χ4v) is 5.47. The predicted molar refractivity (Wildman–Crippen MR) is 118 cm³/mol. The van der Waals surface area contributed by atoms with Crippen molar-refractivity contribution in [2.75, 3.05) is 0 Å². The molecule has 0 aromatic heterocycles. The normalized spacial score (nSPS) is 11.5. The Hall–Kier alpha value is -3.18. The van der Waals surface area contributed by atoms with Crippen molar-refractivity contribution in [3.63, 3.8) is 0 Å². The molecule has 0 saturated carbocycles. The van der Waals surface area contributed by atoms with Crippen molar-refractivity contribution < 1.29 is 17.9 Å². The molecule has 0 heterocycles. The number of para-hydroxylation sites is 1. The van der Waals surface area contributed by atoms with Crippen LogP contribution < -0.4 is 4.74 Å². The Bertz CT molecular complexity index is 1120. The van der Waals surface area contributed by atoms with Crippen LogP contribution in [-0.4, -0.2) is 0 Å². The largest absolute Gasteiger partial charge is 0.456 e. The van der Waals surface area contributed by atoms with Crippen molar-refractivity contribution in [2.24, 2.45) is 0 Å². The Kier molecular flexibility index (Phi) is 6.05. The molecule has 0 aliphatic heterocycles. The monoisotopic (exact) mass is 437 g/mol. The molecule has 0 fully saturated rings. The molecule has 0 saturated heterocycles. The van der Waals surface area contributed by atoms with Gasteiger partial charge in [-0.25, -0.2) is 0 Å². The smallest absolute Gasteiger partial charge is 0.419 e. The number of alkyl halides is 3. The second kappa shape index (κ2) is 8.90. The van der Waals surface area contributed by atoms with Crippen LogP contribution in [0.25, 0.3) is 0 Å². The molecule has 0 bridgehead atoms. The van der Waals surface area contributed by atoms with Crippen LogP contribution in [0.5, 0.6) is 11.5 Å². The van der Waals surface area contributed by atoms with E-state index in [4.69, 9.17) is 4.74 Å². The van der Waals surface area contributed by atoms with Gasteiger partial charge in [0.15, 0.2) is 14.7 Å². The highest BCUT2D eigenvalue weighted by atomic mass is 32.2. The van der Waals surface area contributed by atoms with Gasteiger partial charge in [-0.2, -0.15) is 13.2 Å². The average molecular weight is 438 g/mol. The molecule has 1 nitrogen and oxygen atoms in total. The quantitative estimate of drug-likeness (QED) is 0.288. The molecule has 0 atom stereocenters. The van der Waals surface area contributed by atoms with Crippen molar-refractivity contribution in [3.8, 4) is 11.5 Å². The molecule has 5 heteroatoms. The van der Waals surface area contributed by atoms with E-state index in [0.717, 1.165) is 16.5 Å². The van der Waals surface area contributed by atoms with Gasteiger partial charge < -0.3 is 4.74 Å². The summed E-state index contributed by atoms with van der Waals surface area (Å²) in [5.41, 5.74) is -0.00867. The number of ether oxygens (including phenoxy) is 1. The number of aryl methyl sites for hydroxylation is 1. The maximum atomic E-state index is 13.3. The van der Waals surface area contributed by atoms with Gasteiger partial charge in [-0.1, -0.05) is 48.5 Å². The highest BCUT2D eigenvalue weighted by Crippen LogP contribution is 2.39. The van der Waals surface area contributed by atoms with E-state index in [1.807, 2.05) is 55.5 Å². The van der Waals surface area contributed by atoms with Gasteiger partial charge in [0.25, 0.3) is 0 Å². The Morgan fingerprint density at radius 3 is 1.71 bits per heavy atom. The van der Waals surface area contributed by atoms with Gasteiger partial charge in [0.1, 0.15) is 11.5 Å². The summed E-state index contributed by atoms with van der Waals surface area (Å²) in [4.78, 5) is 3.42. The molecule has 0 unspecified atom stereocenters. The van der Waals surface area contributed by atoms with Crippen LogP contribution in [0, 0.1) is 6.92 Å². The minimum absolute atomic E-state index is 0.198. The summed E-state index contributed by atoms with van der Waals surface area (Å²) in [6.07, 6.45) is -4.47. The Labute approximate surface area is 182 Å². The molecule has 0 aliphatic rings. The first kappa shape index (κ1) is 21.1. The lowest BCUT2D eigenvalue weighted by Crippen LogP contribution is -2.07. The molecule has 0 amide bonds. The van der Waals surface area contributed by atoms with Gasteiger partial charge in [-0.05, 0) is 61.0 Å². The van der Waals surface area contributed by atoms with Crippen molar-refractivity contribution in [2.45, 2.75) is 27.8 Å². The van der Waals surface area contributed by atoms with Gasteiger partial charge in [0.05, 0.1) is 16.5 Å². The lowest BCUT2D eigenvalue weighted by molar-refractivity contribution is -0.138. The zero-order valence-corrected chi connectivity index (χ0v) is 17.6. The van der Waals surface area contributed by atoms with Gasteiger partial charge >= 0.3 is 6.18 Å².